The van der Waals surface area contributed by atoms with E-state index in [0.29, 0.717) is 16.2 Å². The van der Waals surface area contributed by atoms with Crippen molar-refractivity contribution in [3.05, 3.63) is 51.6 Å². The third-order valence-electron chi connectivity index (χ3n) is 3.12. The number of fused-ring (bicyclic) bond motifs is 1. The molecule has 0 saturated heterocycles. The molecule has 0 fully saturated rings. The van der Waals surface area contributed by atoms with Crippen LogP contribution in [0.4, 0.5) is 0 Å². The van der Waals surface area contributed by atoms with Gasteiger partial charge in [0.1, 0.15) is 5.56 Å². The second kappa shape index (κ2) is 5.69. The molecule has 0 aromatic carbocycles. The molecule has 0 saturated carbocycles. The predicted octanol–water partition coefficient (Wildman–Crippen LogP) is 2.45. The van der Waals surface area contributed by atoms with Gasteiger partial charge in [-0.15, -0.1) is 11.3 Å². The van der Waals surface area contributed by atoms with Crippen molar-refractivity contribution in [2.24, 2.45) is 0 Å². The summed E-state index contributed by atoms with van der Waals surface area (Å²) in [5.74, 6) is -0.804. The molecule has 0 unspecified atom stereocenters. The molecule has 0 radical (unpaired) electrons. The summed E-state index contributed by atoms with van der Waals surface area (Å²) in [5.41, 5.74) is 1.23. The lowest BCUT2D eigenvalue weighted by atomic mass is 10.2. The molecule has 0 aliphatic carbocycles. The number of ether oxygens (including phenoxy) is 1. The SMILES string of the molecule is Cc1ccc(C(=O)COC(=O)c2c(C)nn3cccnc23)s1. The molecule has 6 nitrogen and oxygen atoms in total. The highest BCUT2D eigenvalue weighted by molar-refractivity contribution is 7.14. The molecular weight excluding hydrogens is 302 g/mol. The number of hydrogen-bond acceptors (Lipinski definition) is 6. The highest BCUT2D eigenvalue weighted by Gasteiger charge is 2.21. The quantitative estimate of drug-likeness (QED) is 0.546. The fourth-order valence-corrected chi connectivity index (χ4v) is 2.89. The Labute approximate surface area is 130 Å². The highest BCUT2D eigenvalue weighted by Crippen LogP contribution is 2.17. The van der Waals surface area contributed by atoms with Crippen LogP contribution in [0.2, 0.25) is 0 Å². The van der Waals surface area contributed by atoms with Gasteiger partial charge in [-0.25, -0.2) is 14.3 Å². The van der Waals surface area contributed by atoms with Crippen molar-refractivity contribution in [3.63, 3.8) is 0 Å². The second-order valence-corrected chi connectivity index (χ2v) is 6.05. The zero-order chi connectivity index (χ0) is 15.7. The number of aryl methyl sites for hydroxylation is 2. The Morgan fingerprint density at radius 2 is 2.14 bits per heavy atom. The third-order valence-corrected chi connectivity index (χ3v) is 4.17. The summed E-state index contributed by atoms with van der Waals surface area (Å²) in [4.78, 5) is 29.9. The number of thiophene rings is 1. The summed E-state index contributed by atoms with van der Waals surface area (Å²) in [6.45, 7) is 3.33. The zero-order valence-corrected chi connectivity index (χ0v) is 12.9. The van der Waals surface area contributed by atoms with E-state index in [9.17, 15) is 9.59 Å². The van der Waals surface area contributed by atoms with E-state index in [-0.39, 0.29) is 18.0 Å². The van der Waals surface area contributed by atoms with Crippen molar-refractivity contribution in [2.75, 3.05) is 6.61 Å². The summed E-state index contributed by atoms with van der Waals surface area (Å²) >= 11 is 1.38. The Morgan fingerprint density at radius 3 is 2.86 bits per heavy atom. The fraction of sp³-hybridized carbons (Fsp3) is 0.200. The molecule has 112 valence electrons. The van der Waals surface area contributed by atoms with Crippen molar-refractivity contribution in [1.82, 2.24) is 14.6 Å². The average Bonchev–Trinajstić information content (AvgIpc) is 3.07. The predicted molar refractivity (Wildman–Crippen MR) is 81.4 cm³/mol. The molecule has 3 aromatic rings. The summed E-state index contributed by atoms with van der Waals surface area (Å²) < 4.78 is 6.64. The van der Waals surface area contributed by atoms with E-state index < -0.39 is 5.97 Å². The number of esters is 1. The molecule has 0 atom stereocenters. The molecule has 0 bridgehead atoms. The van der Waals surface area contributed by atoms with Crippen LogP contribution >= 0.6 is 11.3 Å². The lowest BCUT2D eigenvalue weighted by Crippen LogP contribution is -2.14. The number of nitrogens with zero attached hydrogens (tertiary/aromatic N) is 3. The minimum atomic E-state index is -0.590. The lowest BCUT2D eigenvalue weighted by molar-refractivity contribution is 0.0476. The van der Waals surface area contributed by atoms with Crippen LogP contribution in [0.25, 0.3) is 5.65 Å². The molecule has 22 heavy (non-hydrogen) atoms. The minimum Gasteiger partial charge on any atom is -0.454 e. The Hall–Kier alpha value is -2.54. The fourth-order valence-electron chi connectivity index (χ4n) is 2.09. The van der Waals surface area contributed by atoms with Gasteiger partial charge in [-0.1, -0.05) is 0 Å². The summed E-state index contributed by atoms with van der Waals surface area (Å²) in [7, 11) is 0. The van der Waals surface area contributed by atoms with Gasteiger partial charge in [0, 0.05) is 17.3 Å². The van der Waals surface area contributed by atoms with Gasteiger partial charge in [0.2, 0.25) is 5.78 Å². The number of carbonyl (C=O) groups is 2. The topological polar surface area (TPSA) is 73.6 Å². The van der Waals surface area contributed by atoms with Crippen LogP contribution in [0.3, 0.4) is 0 Å². The van der Waals surface area contributed by atoms with E-state index in [1.807, 2.05) is 13.0 Å². The molecule has 0 amide bonds. The largest absolute Gasteiger partial charge is 0.454 e. The van der Waals surface area contributed by atoms with Gasteiger partial charge in [-0.05, 0) is 32.0 Å². The molecule has 0 spiro atoms. The number of carbonyl (C=O) groups excluding carboxylic acids is 2. The van der Waals surface area contributed by atoms with Gasteiger partial charge in [0.15, 0.2) is 12.3 Å². The molecule has 3 rings (SSSR count). The van der Waals surface area contributed by atoms with E-state index in [1.165, 1.54) is 15.9 Å². The van der Waals surface area contributed by atoms with E-state index in [0.717, 1.165) is 4.88 Å². The van der Waals surface area contributed by atoms with Crippen molar-refractivity contribution < 1.29 is 14.3 Å². The Kier molecular flexibility index (Phi) is 3.72. The first-order valence-electron chi connectivity index (χ1n) is 6.63. The van der Waals surface area contributed by atoms with Gasteiger partial charge in [-0.3, -0.25) is 4.79 Å². The van der Waals surface area contributed by atoms with Crippen molar-refractivity contribution in [2.45, 2.75) is 13.8 Å². The molecule has 3 aromatic heterocycles. The van der Waals surface area contributed by atoms with Crippen LogP contribution in [-0.4, -0.2) is 33.0 Å². The van der Waals surface area contributed by atoms with E-state index in [4.69, 9.17) is 4.74 Å². The maximum absolute atomic E-state index is 12.2. The van der Waals surface area contributed by atoms with Gasteiger partial charge < -0.3 is 4.74 Å². The summed E-state index contributed by atoms with van der Waals surface area (Å²) in [6, 6.07) is 5.31. The maximum atomic E-state index is 12.2. The normalized spacial score (nSPS) is 10.8. The first kappa shape index (κ1) is 14.4. The molecule has 7 heteroatoms. The Bertz CT molecular complexity index is 866. The maximum Gasteiger partial charge on any atom is 0.344 e. The van der Waals surface area contributed by atoms with Crippen LogP contribution in [0, 0.1) is 13.8 Å². The van der Waals surface area contributed by atoms with Crippen molar-refractivity contribution in [3.8, 4) is 0 Å². The van der Waals surface area contributed by atoms with E-state index >= 15 is 0 Å². The van der Waals surface area contributed by atoms with E-state index in [2.05, 4.69) is 10.1 Å². The standard InChI is InChI=1S/C15H13N3O3S/c1-9-4-5-12(22-9)11(19)8-21-15(20)13-10(2)17-18-7-3-6-16-14(13)18/h3-7H,8H2,1-2H3. The first-order chi connectivity index (χ1) is 10.6. The molecular formula is C15H13N3O3S. The Morgan fingerprint density at radius 1 is 1.32 bits per heavy atom. The molecule has 0 aliphatic rings. The third kappa shape index (κ3) is 2.62. The van der Waals surface area contributed by atoms with Crippen molar-refractivity contribution >= 4 is 28.7 Å². The van der Waals surface area contributed by atoms with Gasteiger partial charge in [-0.2, -0.15) is 5.10 Å². The summed E-state index contributed by atoms with van der Waals surface area (Å²) in [6.07, 6.45) is 3.28. The van der Waals surface area contributed by atoms with E-state index in [1.54, 1.807) is 31.5 Å². The second-order valence-electron chi connectivity index (χ2n) is 4.76. The summed E-state index contributed by atoms with van der Waals surface area (Å²) in [5, 5.41) is 4.19. The van der Waals surface area contributed by atoms with Crippen LogP contribution in [0.15, 0.2) is 30.6 Å². The van der Waals surface area contributed by atoms with Gasteiger partial charge in [0.05, 0.1) is 10.6 Å². The number of rotatable bonds is 4. The molecule has 0 aliphatic heterocycles. The number of aromatic nitrogens is 3. The minimum absolute atomic E-state index is 0.214. The van der Waals surface area contributed by atoms with Crippen LogP contribution in [0.1, 0.15) is 30.6 Å². The van der Waals surface area contributed by atoms with Gasteiger partial charge in [0.25, 0.3) is 0 Å². The van der Waals surface area contributed by atoms with Crippen LogP contribution in [0.5, 0.6) is 0 Å². The highest BCUT2D eigenvalue weighted by atomic mass is 32.1. The lowest BCUT2D eigenvalue weighted by Gasteiger charge is -2.02. The number of hydrogen-bond donors (Lipinski definition) is 0. The molecule has 0 N–H and O–H groups in total. The number of Topliss-reactive ketones (excluding diaryl/α,β-unsaturated/α-hetero) is 1. The zero-order valence-electron chi connectivity index (χ0n) is 12.1. The molecule has 3 heterocycles. The average molecular weight is 315 g/mol. The monoisotopic (exact) mass is 315 g/mol. The Balaban J connectivity index is 1.76. The van der Waals surface area contributed by atoms with Gasteiger partial charge >= 0.3 is 5.97 Å². The van der Waals surface area contributed by atoms with Crippen molar-refractivity contribution in [1.29, 1.82) is 0 Å². The number of ketones is 1. The van der Waals surface area contributed by atoms with Crippen LogP contribution in [-0.2, 0) is 4.74 Å². The smallest absolute Gasteiger partial charge is 0.344 e. The van der Waals surface area contributed by atoms with Crippen LogP contribution < -0.4 is 0 Å². The first-order valence-corrected chi connectivity index (χ1v) is 7.44.